The first-order valence-corrected chi connectivity index (χ1v) is 6.76. The summed E-state index contributed by atoms with van der Waals surface area (Å²) in [5.74, 6) is -0.151. The van der Waals surface area contributed by atoms with E-state index in [1.54, 1.807) is 4.90 Å². The van der Waals surface area contributed by atoms with Crippen LogP contribution in [0.15, 0.2) is 24.3 Å². The van der Waals surface area contributed by atoms with Gasteiger partial charge in [-0.25, -0.2) is 0 Å². The zero-order valence-electron chi connectivity index (χ0n) is 11.4. The summed E-state index contributed by atoms with van der Waals surface area (Å²) >= 11 is 0. The van der Waals surface area contributed by atoms with Crippen molar-refractivity contribution >= 4 is 5.91 Å². The predicted molar refractivity (Wildman–Crippen MR) is 70.4 cm³/mol. The largest absolute Gasteiger partial charge is 0.389 e. The summed E-state index contributed by atoms with van der Waals surface area (Å²) in [6, 6.07) is 8.10. The molecule has 5 heteroatoms. The molecule has 1 atom stereocenters. The lowest BCUT2D eigenvalue weighted by Gasteiger charge is -2.17. The second-order valence-corrected chi connectivity index (χ2v) is 5.35. The Balaban J connectivity index is 1.88. The van der Waals surface area contributed by atoms with Gasteiger partial charge in [0, 0.05) is 25.4 Å². The Kier molecular flexibility index (Phi) is 4.35. The Labute approximate surface area is 116 Å². The fourth-order valence-electron chi connectivity index (χ4n) is 2.50. The van der Waals surface area contributed by atoms with Crippen molar-refractivity contribution < 1.29 is 18.0 Å². The normalized spacial score (nSPS) is 19.4. The minimum atomic E-state index is -4.26. The molecule has 20 heavy (non-hydrogen) atoms. The Bertz CT molecular complexity index is 467. The number of aryl methyl sites for hydroxylation is 1. The van der Waals surface area contributed by atoms with Crippen LogP contribution in [0.4, 0.5) is 13.2 Å². The molecule has 1 aromatic carbocycles. The SMILES string of the molecule is Cc1ccc(C2CCN(C(=O)CCC(F)(F)F)C2)cc1. The summed E-state index contributed by atoms with van der Waals surface area (Å²) in [4.78, 5) is 13.3. The number of amides is 1. The summed E-state index contributed by atoms with van der Waals surface area (Å²) in [6.07, 6.45) is -4.91. The average molecular weight is 285 g/mol. The molecule has 0 aromatic heterocycles. The van der Waals surface area contributed by atoms with Gasteiger partial charge in [0.05, 0.1) is 6.42 Å². The van der Waals surface area contributed by atoms with E-state index in [0.29, 0.717) is 13.1 Å². The van der Waals surface area contributed by atoms with Gasteiger partial charge in [0.1, 0.15) is 0 Å². The van der Waals surface area contributed by atoms with Crippen molar-refractivity contribution in [1.29, 1.82) is 0 Å². The third-order valence-electron chi connectivity index (χ3n) is 3.71. The van der Waals surface area contributed by atoms with E-state index in [1.165, 1.54) is 5.56 Å². The maximum absolute atomic E-state index is 12.1. The molecule has 0 saturated carbocycles. The van der Waals surface area contributed by atoms with Crippen LogP contribution in [0.25, 0.3) is 0 Å². The molecule has 1 heterocycles. The van der Waals surface area contributed by atoms with E-state index in [2.05, 4.69) is 0 Å². The zero-order chi connectivity index (χ0) is 14.8. The Hall–Kier alpha value is -1.52. The number of hydrogen-bond acceptors (Lipinski definition) is 1. The van der Waals surface area contributed by atoms with E-state index < -0.39 is 24.9 Å². The lowest BCUT2D eigenvalue weighted by molar-refractivity contribution is -0.148. The highest BCUT2D eigenvalue weighted by Crippen LogP contribution is 2.29. The van der Waals surface area contributed by atoms with Crippen LogP contribution in [0.5, 0.6) is 0 Å². The maximum Gasteiger partial charge on any atom is 0.389 e. The summed E-state index contributed by atoms with van der Waals surface area (Å²) in [6.45, 7) is 3.08. The summed E-state index contributed by atoms with van der Waals surface area (Å²) in [5.41, 5.74) is 2.33. The molecule has 1 unspecified atom stereocenters. The highest BCUT2D eigenvalue weighted by Gasteiger charge is 2.31. The van der Waals surface area contributed by atoms with Crippen molar-refractivity contribution in [1.82, 2.24) is 4.90 Å². The van der Waals surface area contributed by atoms with Gasteiger partial charge in [0.25, 0.3) is 0 Å². The first-order chi connectivity index (χ1) is 9.35. The van der Waals surface area contributed by atoms with Gasteiger partial charge >= 0.3 is 6.18 Å². The first kappa shape index (κ1) is 14.9. The average Bonchev–Trinajstić information content (AvgIpc) is 2.85. The van der Waals surface area contributed by atoms with Crippen LogP contribution < -0.4 is 0 Å². The zero-order valence-corrected chi connectivity index (χ0v) is 11.4. The lowest BCUT2D eigenvalue weighted by Crippen LogP contribution is -2.29. The van der Waals surface area contributed by atoms with Gasteiger partial charge < -0.3 is 4.90 Å². The van der Waals surface area contributed by atoms with Crippen LogP contribution in [-0.4, -0.2) is 30.1 Å². The molecule has 0 radical (unpaired) electrons. The molecule has 0 spiro atoms. The summed E-state index contributed by atoms with van der Waals surface area (Å²) < 4.78 is 36.3. The van der Waals surface area contributed by atoms with Gasteiger partial charge in [-0.1, -0.05) is 29.8 Å². The predicted octanol–water partition coefficient (Wildman–Crippen LogP) is 3.65. The van der Waals surface area contributed by atoms with E-state index in [4.69, 9.17) is 0 Å². The smallest absolute Gasteiger partial charge is 0.342 e. The van der Waals surface area contributed by atoms with Gasteiger partial charge in [-0.05, 0) is 18.9 Å². The number of halogens is 3. The molecule has 0 N–H and O–H groups in total. The van der Waals surface area contributed by atoms with Crippen LogP contribution in [0, 0.1) is 6.92 Å². The molecule has 1 aromatic rings. The molecule has 1 aliphatic rings. The van der Waals surface area contributed by atoms with Gasteiger partial charge in [-0.2, -0.15) is 13.2 Å². The second-order valence-electron chi connectivity index (χ2n) is 5.35. The molecule has 2 nitrogen and oxygen atoms in total. The number of benzene rings is 1. The minimum absolute atomic E-state index is 0.241. The van der Waals surface area contributed by atoms with Crippen molar-refractivity contribution in [3.05, 3.63) is 35.4 Å². The molecule has 1 saturated heterocycles. The van der Waals surface area contributed by atoms with Crippen molar-refractivity contribution in [2.75, 3.05) is 13.1 Å². The van der Waals surface area contributed by atoms with Crippen LogP contribution in [0.1, 0.15) is 36.3 Å². The number of alkyl halides is 3. The number of carbonyl (C=O) groups is 1. The molecule has 110 valence electrons. The van der Waals surface area contributed by atoms with Crippen LogP contribution in [0.2, 0.25) is 0 Å². The number of likely N-dealkylation sites (tertiary alicyclic amines) is 1. The Morgan fingerprint density at radius 2 is 1.95 bits per heavy atom. The number of nitrogens with zero attached hydrogens (tertiary/aromatic N) is 1. The van der Waals surface area contributed by atoms with E-state index >= 15 is 0 Å². The van der Waals surface area contributed by atoms with Gasteiger partial charge in [0.2, 0.25) is 5.91 Å². The molecular weight excluding hydrogens is 267 g/mol. The highest BCUT2D eigenvalue weighted by molar-refractivity contribution is 5.76. The van der Waals surface area contributed by atoms with E-state index in [-0.39, 0.29) is 5.92 Å². The van der Waals surface area contributed by atoms with Gasteiger partial charge in [-0.15, -0.1) is 0 Å². The number of rotatable bonds is 3. The fraction of sp³-hybridized carbons (Fsp3) is 0.533. The topological polar surface area (TPSA) is 20.3 Å². The van der Waals surface area contributed by atoms with E-state index in [9.17, 15) is 18.0 Å². The molecule has 1 amide bonds. The van der Waals surface area contributed by atoms with E-state index in [0.717, 1.165) is 12.0 Å². The summed E-state index contributed by atoms with van der Waals surface area (Å²) in [5, 5.41) is 0. The quantitative estimate of drug-likeness (QED) is 0.830. The lowest BCUT2D eigenvalue weighted by atomic mass is 9.98. The fourth-order valence-corrected chi connectivity index (χ4v) is 2.50. The van der Waals surface area contributed by atoms with Crippen molar-refractivity contribution in [2.45, 2.75) is 38.3 Å². The molecular formula is C15H18F3NO. The maximum atomic E-state index is 12.1. The third kappa shape index (κ3) is 3.99. The Morgan fingerprint density at radius 1 is 1.30 bits per heavy atom. The van der Waals surface area contributed by atoms with Crippen molar-refractivity contribution in [2.24, 2.45) is 0 Å². The molecule has 1 fully saturated rings. The molecule has 0 aliphatic carbocycles. The van der Waals surface area contributed by atoms with Crippen molar-refractivity contribution in [3.8, 4) is 0 Å². The first-order valence-electron chi connectivity index (χ1n) is 6.76. The van der Waals surface area contributed by atoms with Crippen molar-refractivity contribution in [3.63, 3.8) is 0 Å². The van der Waals surface area contributed by atoms with E-state index in [1.807, 2.05) is 31.2 Å². The minimum Gasteiger partial charge on any atom is -0.342 e. The van der Waals surface area contributed by atoms with Crippen LogP contribution in [0.3, 0.4) is 0 Å². The van der Waals surface area contributed by atoms with Gasteiger partial charge in [0.15, 0.2) is 0 Å². The number of carbonyl (C=O) groups excluding carboxylic acids is 1. The monoisotopic (exact) mass is 285 g/mol. The molecule has 2 rings (SSSR count). The van der Waals surface area contributed by atoms with Gasteiger partial charge in [-0.3, -0.25) is 4.79 Å². The molecule has 1 aliphatic heterocycles. The standard InChI is InChI=1S/C15H18F3NO/c1-11-2-4-12(5-3-11)13-7-9-19(10-13)14(20)6-8-15(16,17)18/h2-5,13H,6-10H2,1H3. The third-order valence-corrected chi connectivity index (χ3v) is 3.71. The van der Waals surface area contributed by atoms with Crippen LogP contribution in [-0.2, 0) is 4.79 Å². The van der Waals surface area contributed by atoms with Crippen LogP contribution >= 0.6 is 0 Å². The summed E-state index contributed by atoms with van der Waals surface area (Å²) in [7, 11) is 0. The number of hydrogen-bond donors (Lipinski definition) is 0. The Morgan fingerprint density at radius 3 is 2.55 bits per heavy atom. The highest BCUT2D eigenvalue weighted by atomic mass is 19.4. The molecule has 0 bridgehead atoms. The second kappa shape index (κ2) is 5.85.